The molecule has 0 aliphatic rings. The van der Waals surface area contributed by atoms with Crippen molar-refractivity contribution in [3.63, 3.8) is 0 Å². The van der Waals surface area contributed by atoms with Crippen LogP contribution in [0.25, 0.3) is 0 Å². The van der Waals surface area contributed by atoms with Crippen molar-refractivity contribution in [3.8, 4) is 0 Å². The van der Waals surface area contributed by atoms with Crippen molar-refractivity contribution in [3.05, 3.63) is 35.4 Å². The fourth-order valence-corrected chi connectivity index (χ4v) is 3.57. The van der Waals surface area contributed by atoms with Crippen molar-refractivity contribution in [1.82, 2.24) is 0 Å². The third-order valence-electron chi connectivity index (χ3n) is 5.61. The van der Waals surface area contributed by atoms with Gasteiger partial charge in [-0.25, -0.2) is 9.59 Å². The minimum atomic E-state index is -0.332. The first kappa shape index (κ1) is 27.2. The van der Waals surface area contributed by atoms with Gasteiger partial charge in [-0.15, -0.1) is 0 Å². The average Bonchev–Trinajstić information content (AvgIpc) is 2.77. The number of esters is 2. The maximum absolute atomic E-state index is 12.3. The van der Waals surface area contributed by atoms with Gasteiger partial charge in [0.15, 0.2) is 0 Å². The summed E-state index contributed by atoms with van der Waals surface area (Å²) in [5.74, 6) is -0.663. The molecule has 0 heterocycles. The molecule has 0 saturated heterocycles. The normalized spacial score (nSPS) is 11.8. The first-order valence-electron chi connectivity index (χ1n) is 12.6. The van der Waals surface area contributed by atoms with E-state index in [0.29, 0.717) is 17.7 Å². The van der Waals surface area contributed by atoms with Crippen molar-refractivity contribution in [2.45, 2.75) is 117 Å². The second-order valence-electron chi connectivity index (χ2n) is 8.61. The van der Waals surface area contributed by atoms with Gasteiger partial charge in [0, 0.05) is 0 Å². The van der Waals surface area contributed by atoms with E-state index in [2.05, 4.69) is 13.8 Å². The Balaban J connectivity index is 2.24. The standard InChI is InChI=1S/C27H44O4/c1-4-6-8-10-12-14-16-22-30-26(28)24-18-20-25(21-19-24)27(29)31-23(3)17-15-13-11-9-7-5-2/h18-21,23H,4-17,22H2,1-3H3. The van der Waals surface area contributed by atoms with Crippen LogP contribution in [-0.2, 0) is 9.47 Å². The van der Waals surface area contributed by atoms with E-state index >= 15 is 0 Å². The molecule has 0 saturated carbocycles. The minimum Gasteiger partial charge on any atom is -0.462 e. The number of hydrogen-bond donors (Lipinski definition) is 0. The summed E-state index contributed by atoms with van der Waals surface area (Å²) in [4.78, 5) is 24.5. The molecule has 0 spiro atoms. The molecular formula is C27H44O4. The van der Waals surface area contributed by atoms with Crippen LogP contribution in [0.3, 0.4) is 0 Å². The van der Waals surface area contributed by atoms with E-state index in [1.165, 1.54) is 64.2 Å². The Kier molecular flexibility index (Phi) is 15.6. The van der Waals surface area contributed by atoms with Crippen molar-refractivity contribution >= 4 is 11.9 Å². The van der Waals surface area contributed by atoms with E-state index in [0.717, 1.165) is 25.7 Å². The van der Waals surface area contributed by atoms with E-state index in [1.807, 2.05) is 6.92 Å². The van der Waals surface area contributed by atoms with Crippen LogP contribution in [0.15, 0.2) is 24.3 Å². The molecule has 0 aliphatic carbocycles. The fourth-order valence-electron chi connectivity index (χ4n) is 3.57. The lowest BCUT2D eigenvalue weighted by Gasteiger charge is -2.13. The van der Waals surface area contributed by atoms with E-state index in [4.69, 9.17) is 9.47 Å². The van der Waals surface area contributed by atoms with Crippen LogP contribution in [-0.4, -0.2) is 24.6 Å². The molecule has 1 aromatic carbocycles. The number of rotatable bonds is 18. The Bertz CT molecular complexity index is 594. The Morgan fingerprint density at radius 3 is 1.68 bits per heavy atom. The molecule has 1 aromatic rings. The van der Waals surface area contributed by atoms with Gasteiger partial charge >= 0.3 is 11.9 Å². The quantitative estimate of drug-likeness (QED) is 0.175. The van der Waals surface area contributed by atoms with Crippen LogP contribution in [0.2, 0.25) is 0 Å². The van der Waals surface area contributed by atoms with Crippen LogP contribution in [0.4, 0.5) is 0 Å². The number of carbonyl (C=O) groups is 2. The highest BCUT2D eigenvalue weighted by Gasteiger charge is 2.13. The molecule has 1 unspecified atom stereocenters. The summed E-state index contributed by atoms with van der Waals surface area (Å²) in [7, 11) is 0. The van der Waals surface area contributed by atoms with Gasteiger partial charge in [-0.2, -0.15) is 0 Å². The molecule has 0 radical (unpaired) electrons. The summed E-state index contributed by atoms with van der Waals surface area (Å²) in [5, 5.41) is 0. The second kappa shape index (κ2) is 17.8. The summed E-state index contributed by atoms with van der Waals surface area (Å²) in [6.45, 7) is 6.83. The fraction of sp³-hybridized carbons (Fsp3) is 0.704. The highest BCUT2D eigenvalue weighted by Crippen LogP contribution is 2.14. The van der Waals surface area contributed by atoms with Gasteiger partial charge in [-0.05, 0) is 50.5 Å². The molecule has 4 nitrogen and oxygen atoms in total. The highest BCUT2D eigenvalue weighted by atomic mass is 16.5. The Labute approximate surface area is 190 Å². The molecule has 1 rings (SSSR count). The number of ether oxygens (including phenoxy) is 2. The number of carbonyl (C=O) groups excluding carboxylic acids is 2. The molecular weight excluding hydrogens is 388 g/mol. The summed E-state index contributed by atoms with van der Waals surface area (Å²) in [6.07, 6.45) is 16.5. The third-order valence-corrected chi connectivity index (χ3v) is 5.61. The molecule has 0 aromatic heterocycles. The number of benzene rings is 1. The van der Waals surface area contributed by atoms with Crippen molar-refractivity contribution in [1.29, 1.82) is 0 Å². The molecule has 0 N–H and O–H groups in total. The summed E-state index contributed by atoms with van der Waals surface area (Å²) in [6, 6.07) is 6.57. The number of unbranched alkanes of at least 4 members (excludes halogenated alkanes) is 11. The third kappa shape index (κ3) is 13.2. The van der Waals surface area contributed by atoms with Crippen LogP contribution in [0, 0.1) is 0 Å². The number of hydrogen-bond acceptors (Lipinski definition) is 4. The van der Waals surface area contributed by atoms with Crippen LogP contribution in [0.5, 0.6) is 0 Å². The molecule has 31 heavy (non-hydrogen) atoms. The molecule has 0 aliphatic heterocycles. The van der Waals surface area contributed by atoms with Crippen LogP contribution in [0.1, 0.15) is 131 Å². The van der Waals surface area contributed by atoms with E-state index in [-0.39, 0.29) is 18.0 Å². The molecule has 0 bridgehead atoms. The van der Waals surface area contributed by atoms with Crippen molar-refractivity contribution in [2.24, 2.45) is 0 Å². The molecule has 176 valence electrons. The van der Waals surface area contributed by atoms with Gasteiger partial charge in [-0.3, -0.25) is 0 Å². The minimum absolute atomic E-state index is 0.0923. The Hall–Kier alpha value is -1.84. The van der Waals surface area contributed by atoms with Gasteiger partial charge < -0.3 is 9.47 Å². The SMILES string of the molecule is CCCCCCCCCOC(=O)c1ccc(C(=O)OC(C)CCCCCCCC)cc1. The predicted molar refractivity (Wildman–Crippen MR) is 128 cm³/mol. The summed E-state index contributed by atoms with van der Waals surface area (Å²) in [5.41, 5.74) is 0.943. The zero-order valence-corrected chi connectivity index (χ0v) is 20.1. The van der Waals surface area contributed by atoms with Gasteiger partial charge in [0.25, 0.3) is 0 Å². The maximum Gasteiger partial charge on any atom is 0.338 e. The Morgan fingerprint density at radius 2 is 1.13 bits per heavy atom. The van der Waals surface area contributed by atoms with Crippen molar-refractivity contribution in [2.75, 3.05) is 6.61 Å². The van der Waals surface area contributed by atoms with Crippen molar-refractivity contribution < 1.29 is 19.1 Å². The predicted octanol–water partition coefficient (Wildman–Crippen LogP) is 7.89. The zero-order chi connectivity index (χ0) is 22.7. The largest absolute Gasteiger partial charge is 0.462 e. The van der Waals surface area contributed by atoms with Crippen LogP contribution < -0.4 is 0 Å². The van der Waals surface area contributed by atoms with Crippen LogP contribution >= 0.6 is 0 Å². The second-order valence-corrected chi connectivity index (χ2v) is 8.61. The van der Waals surface area contributed by atoms with E-state index in [1.54, 1.807) is 24.3 Å². The van der Waals surface area contributed by atoms with E-state index < -0.39 is 0 Å². The lowest BCUT2D eigenvalue weighted by molar-refractivity contribution is 0.0318. The lowest BCUT2D eigenvalue weighted by Crippen LogP contribution is -2.15. The summed E-state index contributed by atoms with van der Waals surface area (Å²) < 4.78 is 10.9. The maximum atomic E-state index is 12.3. The lowest BCUT2D eigenvalue weighted by atomic mass is 10.1. The molecule has 0 amide bonds. The Morgan fingerprint density at radius 1 is 0.677 bits per heavy atom. The van der Waals surface area contributed by atoms with E-state index in [9.17, 15) is 9.59 Å². The molecule has 0 fully saturated rings. The first-order valence-corrected chi connectivity index (χ1v) is 12.6. The highest BCUT2D eigenvalue weighted by molar-refractivity contribution is 5.93. The van der Waals surface area contributed by atoms with Gasteiger partial charge in [0.1, 0.15) is 0 Å². The summed E-state index contributed by atoms with van der Waals surface area (Å²) >= 11 is 0. The monoisotopic (exact) mass is 432 g/mol. The topological polar surface area (TPSA) is 52.6 Å². The zero-order valence-electron chi connectivity index (χ0n) is 20.1. The molecule has 4 heteroatoms. The van der Waals surface area contributed by atoms with Gasteiger partial charge in [0.2, 0.25) is 0 Å². The average molecular weight is 433 g/mol. The molecule has 1 atom stereocenters. The van der Waals surface area contributed by atoms with Gasteiger partial charge in [0.05, 0.1) is 23.8 Å². The van der Waals surface area contributed by atoms with Gasteiger partial charge in [-0.1, -0.05) is 84.5 Å². The first-order chi connectivity index (χ1) is 15.1. The smallest absolute Gasteiger partial charge is 0.338 e.